The number of urea groups is 1. The minimum Gasteiger partial charge on any atom is -0.481 e. The number of carbonyl (C=O) groups is 2. The fraction of sp³-hybridized carbons (Fsp3) is 0.556. The standard InChI is InChI=1S/C18H25FN2O3/c1-18(2,3)10-15(12-4-6-14(19)7-5-12)20-17(24)21-9-8-13(11-21)16(22)23/h4-7,13,15H,8-11H2,1-3H3,(H,20,24)(H,22,23). The van der Waals surface area contributed by atoms with Crippen LogP contribution in [0.1, 0.15) is 45.2 Å². The van der Waals surface area contributed by atoms with Crippen LogP contribution in [0.25, 0.3) is 0 Å². The molecule has 2 unspecified atom stereocenters. The van der Waals surface area contributed by atoms with E-state index in [0.29, 0.717) is 19.4 Å². The monoisotopic (exact) mass is 336 g/mol. The number of aliphatic carboxylic acids is 1. The third-order valence-electron chi connectivity index (χ3n) is 4.21. The molecule has 1 heterocycles. The van der Waals surface area contributed by atoms with Crippen LogP contribution in [-0.4, -0.2) is 35.1 Å². The molecule has 24 heavy (non-hydrogen) atoms. The molecular formula is C18H25FN2O3. The highest BCUT2D eigenvalue weighted by Gasteiger charge is 2.32. The van der Waals surface area contributed by atoms with E-state index in [4.69, 9.17) is 5.11 Å². The van der Waals surface area contributed by atoms with E-state index in [9.17, 15) is 14.0 Å². The van der Waals surface area contributed by atoms with Crippen LogP contribution >= 0.6 is 0 Å². The molecule has 2 rings (SSSR count). The number of carboxylic acid groups (broad SMARTS) is 1. The van der Waals surface area contributed by atoms with Gasteiger partial charge in [-0.15, -0.1) is 0 Å². The van der Waals surface area contributed by atoms with Crippen LogP contribution in [0.2, 0.25) is 0 Å². The van der Waals surface area contributed by atoms with Crippen molar-refractivity contribution in [3.8, 4) is 0 Å². The first-order valence-corrected chi connectivity index (χ1v) is 8.19. The molecule has 2 amide bonds. The van der Waals surface area contributed by atoms with E-state index in [1.807, 2.05) is 0 Å². The topological polar surface area (TPSA) is 69.6 Å². The lowest BCUT2D eigenvalue weighted by molar-refractivity contribution is -0.141. The lowest BCUT2D eigenvalue weighted by Gasteiger charge is -2.29. The van der Waals surface area contributed by atoms with E-state index in [0.717, 1.165) is 5.56 Å². The average Bonchev–Trinajstić information content (AvgIpc) is 2.96. The van der Waals surface area contributed by atoms with E-state index < -0.39 is 11.9 Å². The molecule has 2 atom stereocenters. The van der Waals surface area contributed by atoms with Gasteiger partial charge in [-0.3, -0.25) is 4.79 Å². The van der Waals surface area contributed by atoms with E-state index in [2.05, 4.69) is 26.1 Å². The minimum absolute atomic E-state index is 0.0268. The number of hydrogen-bond acceptors (Lipinski definition) is 2. The molecule has 1 aliphatic rings. The molecule has 1 saturated heterocycles. The highest BCUT2D eigenvalue weighted by Crippen LogP contribution is 2.30. The molecule has 0 spiro atoms. The number of hydrogen-bond donors (Lipinski definition) is 2. The van der Waals surface area contributed by atoms with Gasteiger partial charge in [-0.1, -0.05) is 32.9 Å². The second kappa shape index (κ2) is 7.20. The van der Waals surface area contributed by atoms with Crippen LogP contribution < -0.4 is 5.32 Å². The zero-order valence-corrected chi connectivity index (χ0v) is 14.4. The third-order valence-corrected chi connectivity index (χ3v) is 4.21. The number of halogens is 1. The van der Waals surface area contributed by atoms with Gasteiger partial charge in [0, 0.05) is 13.1 Å². The summed E-state index contributed by atoms with van der Waals surface area (Å²) in [5.74, 6) is -1.68. The molecule has 0 bridgehead atoms. The summed E-state index contributed by atoms with van der Waals surface area (Å²) in [5.41, 5.74) is 0.815. The van der Waals surface area contributed by atoms with Crippen LogP contribution in [0.4, 0.5) is 9.18 Å². The smallest absolute Gasteiger partial charge is 0.317 e. The summed E-state index contributed by atoms with van der Waals surface area (Å²) in [7, 11) is 0. The minimum atomic E-state index is -0.866. The predicted molar refractivity (Wildman–Crippen MR) is 89.1 cm³/mol. The number of rotatable bonds is 4. The number of carbonyl (C=O) groups excluding carboxylic acids is 1. The number of likely N-dealkylation sites (tertiary alicyclic amines) is 1. The first-order chi connectivity index (χ1) is 11.2. The normalized spacial score (nSPS) is 19.2. The fourth-order valence-electron chi connectivity index (χ4n) is 2.95. The van der Waals surface area contributed by atoms with E-state index in [1.54, 1.807) is 12.1 Å². The molecule has 1 aliphatic heterocycles. The number of nitrogens with one attached hydrogen (secondary N) is 1. The van der Waals surface area contributed by atoms with Crippen LogP contribution in [-0.2, 0) is 4.79 Å². The molecule has 2 N–H and O–H groups in total. The van der Waals surface area contributed by atoms with Crippen LogP contribution in [0, 0.1) is 17.2 Å². The number of nitrogens with zero attached hydrogens (tertiary/aromatic N) is 1. The van der Waals surface area contributed by atoms with Crippen LogP contribution in [0.3, 0.4) is 0 Å². The summed E-state index contributed by atoms with van der Waals surface area (Å²) in [5, 5.41) is 12.0. The van der Waals surface area contributed by atoms with Gasteiger partial charge in [-0.25, -0.2) is 9.18 Å². The van der Waals surface area contributed by atoms with Crippen molar-refractivity contribution in [2.24, 2.45) is 11.3 Å². The summed E-state index contributed by atoms with van der Waals surface area (Å²) >= 11 is 0. The Hall–Kier alpha value is -2.11. The van der Waals surface area contributed by atoms with Crippen LogP contribution in [0.15, 0.2) is 24.3 Å². The lowest BCUT2D eigenvalue weighted by Crippen LogP contribution is -2.41. The molecule has 0 radical (unpaired) electrons. The van der Waals surface area contributed by atoms with Gasteiger partial charge >= 0.3 is 12.0 Å². The lowest BCUT2D eigenvalue weighted by atomic mass is 9.85. The summed E-state index contributed by atoms with van der Waals surface area (Å²) in [6.45, 7) is 6.89. The summed E-state index contributed by atoms with van der Waals surface area (Å²) < 4.78 is 13.2. The Balaban J connectivity index is 2.09. The van der Waals surface area contributed by atoms with Crippen molar-refractivity contribution < 1.29 is 19.1 Å². The van der Waals surface area contributed by atoms with E-state index >= 15 is 0 Å². The van der Waals surface area contributed by atoms with Gasteiger partial charge in [0.15, 0.2) is 0 Å². The zero-order chi connectivity index (χ0) is 17.9. The first-order valence-electron chi connectivity index (χ1n) is 8.19. The molecule has 5 nitrogen and oxygen atoms in total. The Bertz CT molecular complexity index is 595. The number of amides is 2. The first kappa shape index (κ1) is 18.2. The van der Waals surface area contributed by atoms with Crippen molar-refractivity contribution in [1.82, 2.24) is 10.2 Å². The van der Waals surface area contributed by atoms with Gasteiger partial charge in [0.1, 0.15) is 5.82 Å². The van der Waals surface area contributed by atoms with Crippen molar-refractivity contribution in [2.45, 2.75) is 39.7 Å². The summed E-state index contributed by atoms with van der Waals surface area (Å²) in [6, 6.07) is 5.60. The van der Waals surface area contributed by atoms with Crippen molar-refractivity contribution in [3.63, 3.8) is 0 Å². The molecule has 1 fully saturated rings. The SMILES string of the molecule is CC(C)(C)CC(NC(=O)N1CCC(C(=O)O)C1)c1ccc(F)cc1. The second-order valence-electron chi connectivity index (χ2n) is 7.59. The molecule has 0 aromatic heterocycles. The quantitative estimate of drug-likeness (QED) is 0.885. The maximum Gasteiger partial charge on any atom is 0.317 e. The molecule has 1 aromatic carbocycles. The molecule has 0 aliphatic carbocycles. The molecular weight excluding hydrogens is 311 g/mol. The molecule has 1 aromatic rings. The Morgan fingerprint density at radius 2 is 1.96 bits per heavy atom. The van der Waals surface area contributed by atoms with Gasteiger partial charge < -0.3 is 15.3 Å². The Kier molecular flexibility index (Phi) is 5.47. The third kappa shape index (κ3) is 4.94. The number of carboxylic acids is 1. The molecule has 0 saturated carbocycles. The van der Waals surface area contributed by atoms with Gasteiger partial charge in [0.25, 0.3) is 0 Å². The summed E-state index contributed by atoms with van der Waals surface area (Å²) in [6.07, 6.45) is 1.17. The van der Waals surface area contributed by atoms with Gasteiger partial charge in [-0.05, 0) is 36.0 Å². The second-order valence-corrected chi connectivity index (χ2v) is 7.59. The molecule has 132 valence electrons. The van der Waals surface area contributed by atoms with Crippen molar-refractivity contribution >= 4 is 12.0 Å². The fourth-order valence-corrected chi connectivity index (χ4v) is 2.95. The van der Waals surface area contributed by atoms with Crippen molar-refractivity contribution in [2.75, 3.05) is 13.1 Å². The maximum atomic E-state index is 13.2. The van der Waals surface area contributed by atoms with Crippen molar-refractivity contribution in [3.05, 3.63) is 35.6 Å². The average molecular weight is 336 g/mol. The van der Waals surface area contributed by atoms with Gasteiger partial charge in [0.2, 0.25) is 0 Å². The van der Waals surface area contributed by atoms with Crippen molar-refractivity contribution in [1.29, 1.82) is 0 Å². The highest BCUT2D eigenvalue weighted by atomic mass is 19.1. The Labute approximate surface area is 141 Å². The largest absolute Gasteiger partial charge is 0.481 e. The van der Waals surface area contributed by atoms with Crippen LogP contribution in [0.5, 0.6) is 0 Å². The number of benzene rings is 1. The maximum absolute atomic E-state index is 13.2. The van der Waals surface area contributed by atoms with Gasteiger partial charge in [-0.2, -0.15) is 0 Å². The Morgan fingerprint density at radius 1 is 1.33 bits per heavy atom. The predicted octanol–water partition coefficient (Wildman–Crippen LogP) is 3.42. The Morgan fingerprint density at radius 3 is 2.46 bits per heavy atom. The van der Waals surface area contributed by atoms with E-state index in [-0.39, 0.29) is 29.8 Å². The van der Waals surface area contributed by atoms with Gasteiger partial charge in [0.05, 0.1) is 12.0 Å². The molecule has 6 heteroatoms. The van der Waals surface area contributed by atoms with E-state index in [1.165, 1.54) is 17.0 Å². The zero-order valence-electron chi connectivity index (χ0n) is 14.4. The highest BCUT2D eigenvalue weighted by molar-refractivity contribution is 5.77. The summed E-state index contributed by atoms with van der Waals surface area (Å²) in [4.78, 5) is 25.1.